The molecule has 1 atom stereocenters. The summed E-state index contributed by atoms with van der Waals surface area (Å²) in [5.41, 5.74) is 3.79. The Kier molecular flexibility index (Phi) is 6.12. The minimum Gasteiger partial charge on any atom is -0.505 e. The number of nitrogens with zero attached hydrogens (tertiary/aromatic N) is 2. The normalized spacial score (nSPS) is 11.9. The van der Waals surface area contributed by atoms with Crippen molar-refractivity contribution in [3.8, 4) is 17.2 Å². The van der Waals surface area contributed by atoms with Gasteiger partial charge in [-0.3, -0.25) is 0 Å². The summed E-state index contributed by atoms with van der Waals surface area (Å²) in [6.45, 7) is 6.30. The predicted molar refractivity (Wildman–Crippen MR) is 127 cm³/mol. The summed E-state index contributed by atoms with van der Waals surface area (Å²) in [6.07, 6.45) is 0. The van der Waals surface area contributed by atoms with E-state index in [1.54, 1.807) is 7.11 Å². The average molecular weight is 430 g/mol. The summed E-state index contributed by atoms with van der Waals surface area (Å²) in [6, 6.07) is 18.9. The molecule has 2 N–H and O–H groups in total. The van der Waals surface area contributed by atoms with Gasteiger partial charge in [0, 0.05) is 27.9 Å². The van der Waals surface area contributed by atoms with E-state index >= 15 is 0 Å². The fourth-order valence-electron chi connectivity index (χ4n) is 3.86. The second-order valence-electron chi connectivity index (χ2n) is 7.58. The van der Waals surface area contributed by atoms with Crippen molar-refractivity contribution in [2.24, 2.45) is 0 Å². The number of fused-ring (bicyclic) bond motifs is 1. The van der Waals surface area contributed by atoms with Gasteiger partial charge in [0.05, 0.1) is 19.8 Å². The van der Waals surface area contributed by atoms with Crippen molar-refractivity contribution in [2.45, 2.75) is 26.8 Å². The Hall–Kier alpha value is -3.80. The number of phenolic OH excluding ortho intramolecular Hbond substituents is 1. The first-order valence-corrected chi connectivity index (χ1v) is 10.6. The van der Waals surface area contributed by atoms with Crippen LogP contribution in [0.5, 0.6) is 17.2 Å². The molecule has 0 saturated heterocycles. The number of phenols is 1. The zero-order chi connectivity index (χ0) is 22.7. The van der Waals surface area contributed by atoms with Gasteiger partial charge in [-0.15, -0.1) is 0 Å². The molecule has 6 heteroatoms. The zero-order valence-electron chi connectivity index (χ0n) is 18.7. The number of ether oxygens (including phenoxy) is 2. The third kappa shape index (κ3) is 4.17. The van der Waals surface area contributed by atoms with Crippen LogP contribution in [-0.2, 0) is 0 Å². The number of aromatic nitrogens is 2. The van der Waals surface area contributed by atoms with Crippen LogP contribution in [0, 0.1) is 13.8 Å². The number of aryl methyl sites for hydroxylation is 2. The van der Waals surface area contributed by atoms with Crippen LogP contribution in [0.25, 0.3) is 10.9 Å². The lowest BCUT2D eigenvalue weighted by molar-refractivity contribution is 0.308. The summed E-state index contributed by atoms with van der Waals surface area (Å²) in [7, 11) is 1.62. The largest absolute Gasteiger partial charge is 0.505 e. The molecule has 4 aromatic rings. The average Bonchev–Trinajstić information content (AvgIpc) is 2.79. The van der Waals surface area contributed by atoms with E-state index in [1.807, 2.05) is 81.4 Å². The van der Waals surface area contributed by atoms with Crippen LogP contribution < -0.4 is 14.8 Å². The topological polar surface area (TPSA) is 76.5 Å². The van der Waals surface area contributed by atoms with Crippen LogP contribution >= 0.6 is 0 Å². The summed E-state index contributed by atoms with van der Waals surface area (Å²) in [4.78, 5) is 9.18. The van der Waals surface area contributed by atoms with E-state index in [0.29, 0.717) is 35.0 Å². The molecule has 0 radical (unpaired) electrons. The van der Waals surface area contributed by atoms with Gasteiger partial charge < -0.3 is 19.9 Å². The Labute approximate surface area is 187 Å². The van der Waals surface area contributed by atoms with Crippen molar-refractivity contribution in [2.75, 3.05) is 19.0 Å². The van der Waals surface area contributed by atoms with Gasteiger partial charge in [0.25, 0.3) is 0 Å². The maximum Gasteiger partial charge on any atom is 0.166 e. The van der Waals surface area contributed by atoms with Gasteiger partial charge in [-0.05, 0) is 45.0 Å². The Bertz CT molecular complexity index is 1260. The summed E-state index contributed by atoms with van der Waals surface area (Å²) >= 11 is 0. The Balaban J connectivity index is 1.92. The van der Waals surface area contributed by atoms with Crippen molar-refractivity contribution in [1.29, 1.82) is 0 Å². The predicted octanol–water partition coefficient (Wildman–Crippen LogP) is 5.56. The van der Waals surface area contributed by atoms with Gasteiger partial charge in [-0.25, -0.2) is 9.97 Å². The number of benzene rings is 2. The maximum absolute atomic E-state index is 11.3. The number of hydrogen-bond acceptors (Lipinski definition) is 6. The summed E-state index contributed by atoms with van der Waals surface area (Å²) < 4.78 is 11.6. The molecule has 0 aliphatic heterocycles. The van der Waals surface area contributed by atoms with Gasteiger partial charge >= 0.3 is 0 Å². The first kappa shape index (κ1) is 21.4. The molecule has 0 aliphatic rings. The molecule has 0 amide bonds. The number of rotatable bonds is 7. The van der Waals surface area contributed by atoms with Crippen LogP contribution in [0.3, 0.4) is 0 Å². The van der Waals surface area contributed by atoms with Crippen LogP contribution in [0.2, 0.25) is 0 Å². The molecule has 6 nitrogen and oxygen atoms in total. The van der Waals surface area contributed by atoms with Crippen LogP contribution in [0.4, 0.5) is 5.82 Å². The lowest BCUT2D eigenvalue weighted by atomic mass is 9.95. The minimum absolute atomic E-state index is 0.125. The van der Waals surface area contributed by atoms with Gasteiger partial charge in [-0.1, -0.05) is 36.4 Å². The second-order valence-corrected chi connectivity index (χ2v) is 7.58. The van der Waals surface area contributed by atoms with Crippen LogP contribution in [0.1, 0.15) is 35.5 Å². The number of para-hydroxylation sites is 1. The van der Waals surface area contributed by atoms with Gasteiger partial charge in [0.15, 0.2) is 11.5 Å². The Morgan fingerprint density at radius 1 is 0.906 bits per heavy atom. The van der Waals surface area contributed by atoms with Gasteiger partial charge in [0.2, 0.25) is 0 Å². The van der Waals surface area contributed by atoms with Crippen molar-refractivity contribution >= 4 is 16.7 Å². The number of anilines is 1. The number of hydrogen-bond donors (Lipinski definition) is 2. The van der Waals surface area contributed by atoms with E-state index in [-0.39, 0.29) is 5.75 Å². The molecule has 0 bridgehead atoms. The van der Waals surface area contributed by atoms with Crippen molar-refractivity contribution in [1.82, 2.24) is 9.97 Å². The highest BCUT2D eigenvalue weighted by atomic mass is 16.5. The number of aromatic hydroxyl groups is 1. The van der Waals surface area contributed by atoms with E-state index in [1.165, 1.54) is 0 Å². The Morgan fingerprint density at radius 2 is 1.66 bits per heavy atom. The SMILES string of the molecule is CCOc1cccc([C@@H](Nc2cccc(C)n2)c2ccc3ccc(C)nc3c2O)c1OC. The second kappa shape index (κ2) is 9.14. The fourth-order valence-corrected chi connectivity index (χ4v) is 3.86. The fraction of sp³-hybridized carbons (Fsp3) is 0.231. The van der Waals surface area contributed by atoms with E-state index < -0.39 is 6.04 Å². The number of nitrogens with one attached hydrogen (secondary N) is 1. The molecule has 2 heterocycles. The standard InChI is InChI=1S/C26H27N3O3/c1-5-32-21-10-7-9-20(26(21)31-4)24(29-22-11-6-8-16(2)27-22)19-15-14-18-13-12-17(3)28-23(18)25(19)30/h6-15,24,30H,5H2,1-4H3,(H,27,29)/t24-/m0/s1. The maximum atomic E-state index is 11.3. The molecule has 0 saturated carbocycles. The zero-order valence-corrected chi connectivity index (χ0v) is 18.7. The van der Waals surface area contributed by atoms with Crippen molar-refractivity contribution in [3.05, 3.63) is 83.2 Å². The summed E-state index contributed by atoms with van der Waals surface area (Å²) in [5, 5.41) is 15.6. The third-order valence-corrected chi connectivity index (χ3v) is 5.32. The molecule has 0 unspecified atom stereocenters. The molecule has 32 heavy (non-hydrogen) atoms. The number of methoxy groups -OCH3 is 1. The van der Waals surface area contributed by atoms with E-state index in [0.717, 1.165) is 22.3 Å². The molecule has 0 fully saturated rings. The van der Waals surface area contributed by atoms with E-state index in [4.69, 9.17) is 9.47 Å². The molecule has 2 aromatic heterocycles. The van der Waals surface area contributed by atoms with E-state index in [2.05, 4.69) is 15.3 Å². The smallest absolute Gasteiger partial charge is 0.166 e. The monoisotopic (exact) mass is 429 g/mol. The van der Waals surface area contributed by atoms with Gasteiger partial charge in [0.1, 0.15) is 17.1 Å². The van der Waals surface area contributed by atoms with Crippen molar-refractivity contribution < 1.29 is 14.6 Å². The summed E-state index contributed by atoms with van der Waals surface area (Å²) in [5.74, 6) is 2.07. The first-order valence-electron chi connectivity index (χ1n) is 10.6. The van der Waals surface area contributed by atoms with Crippen LogP contribution in [-0.4, -0.2) is 28.8 Å². The molecule has 4 rings (SSSR count). The van der Waals surface area contributed by atoms with E-state index in [9.17, 15) is 5.11 Å². The molecule has 0 aliphatic carbocycles. The van der Waals surface area contributed by atoms with Crippen LogP contribution in [0.15, 0.2) is 60.7 Å². The number of pyridine rings is 2. The lowest BCUT2D eigenvalue weighted by Gasteiger charge is -2.25. The first-order chi connectivity index (χ1) is 15.5. The minimum atomic E-state index is -0.452. The van der Waals surface area contributed by atoms with Crippen molar-refractivity contribution in [3.63, 3.8) is 0 Å². The molecule has 164 valence electrons. The van der Waals surface area contributed by atoms with Gasteiger partial charge in [-0.2, -0.15) is 0 Å². The highest BCUT2D eigenvalue weighted by Gasteiger charge is 2.25. The molecular formula is C26H27N3O3. The molecular weight excluding hydrogens is 402 g/mol. The highest BCUT2D eigenvalue weighted by Crippen LogP contribution is 2.42. The highest BCUT2D eigenvalue weighted by molar-refractivity contribution is 5.86. The Morgan fingerprint density at radius 3 is 2.41 bits per heavy atom. The lowest BCUT2D eigenvalue weighted by Crippen LogP contribution is -2.15. The molecule has 2 aromatic carbocycles. The third-order valence-electron chi connectivity index (χ3n) is 5.32. The molecule has 0 spiro atoms. The quantitative estimate of drug-likeness (QED) is 0.400.